The smallest absolute Gasteiger partial charge is 0.276 e. The van der Waals surface area contributed by atoms with Crippen molar-refractivity contribution >= 4 is 23.1 Å². The van der Waals surface area contributed by atoms with Crippen molar-refractivity contribution < 1.29 is 9.53 Å². The van der Waals surface area contributed by atoms with Crippen molar-refractivity contribution in [1.82, 2.24) is 10.2 Å². The summed E-state index contributed by atoms with van der Waals surface area (Å²) >= 11 is 0. The fourth-order valence-electron chi connectivity index (χ4n) is 3.18. The van der Waals surface area contributed by atoms with E-state index >= 15 is 0 Å². The predicted molar refractivity (Wildman–Crippen MR) is 113 cm³/mol. The Kier molecular flexibility index (Phi) is 5.97. The zero-order chi connectivity index (χ0) is 19.9. The standard InChI is InChI=1S/C22H23N5O2/c28-22(24-18-8-4-5-9-20(18)27-12-14-29-15-13-27)19-10-11-21(26-25-19)23-16-17-6-2-1-3-7-17/h1-11H,12-16H2,(H,23,26)(H,24,28). The van der Waals surface area contributed by atoms with E-state index in [0.29, 0.717) is 25.6 Å². The van der Waals surface area contributed by atoms with Gasteiger partial charge in [-0.15, -0.1) is 10.2 Å². The maximum atomic E-state index is 12.7. The predicted octanol–water partition coefficient (Wildman–Crippen LogP) is 3.18. The molecule has 0 radical (unpaired) electrons. The summed E-state index contributed by atoms with van der Waals surface area (Å²) in [6.07, 6.45) is 0. The highest BCUT2D eigenvalue weighted by Gasteiger charge is 2.17. The number of para-hydroxylation sites is 2. The maximum absolute atomic E-state index is 12.7. The summed E-state index contributed by atoms with van der Waals surface area (Å²) in [5.74, 6) is 0.340. The number of carbonyl (C=O) groups is 1. The third-order valence-corrected chi connectivity index (χ3v) is 4.72. The van der Waals surface area contributed by atoms with E-state index in [1.165, 1.54) is 0 Å². The number of anilines is 3. The van der Waals surface area contributed by atoms with Crippen LogP contribution >= 0.6 is 0 Å². The molecule has 29 heavy (non-hydrogen) atoms. The van der Waals surface area contributed by atoms with Gasteiger partial charge in [0.25, 0.3) is 5.91 Å². The molecule has 0 aliphatic carbocycles. The van der Waals surface area contributed by atoms with Crippen LogP contribution in [0.25, 0.3) is 0 Å². The third-order valence-electron chi connectivity index (χ3n) is 4.72. The first kappa shape index (κ1) is 18.9. The van der Waals surface area contributed by atoms with Gasteiger partial charge in [-0.3, -0.25) is 4.79 Å². The van der Waals surface area contributed by atoms with Crippen molar-refractivity contribution in [2.75, 3.05) is 41.8 Å². The van der Waals surface area contributed by atoms with Crippen molar-refractivity contribution in [3.8, 4) is 0 Å². The number of morpholine rings is 1. The zero-order valence-electron chi connectivity index (χ0n) is 16.0. The molecule has 7 nitrogen and oxygen atoms in total. The number of rotatable bonds is 6. The summed E-state index contributed by atoms with van der Waals surface area (Å²) < 4.78 is 5.42. The highest BCUT2D eigenvalue weighted by Crippen LogP contribution is 2.26. The molecule has 3 aromatic rings. The van der Waals surface area contributed by atoms with Crippen LogP contribution in [0.1, 0.15) is 16.1 Å². The van der Waals surface area contributed by atoms with Crippen molar-refractivity contribution in [2.45, 2.75) is 6.54 Å². The first-order chi connectivity index (χ1) is 14.3. The largest absolute Gasteiger partial charge is 0.378 e. The van der Waals surface area contributed by atoms with Gasteiger partial charge in [-0.2, -0.15) is 0 Å². The lowest BCUT2D eigenvalue weighted by molar-refractivity contribution is 0.102. The molecule has 0 atom stereocenters. The number of ether oxygens (including phenoxy) is 1. The molecule has 0 saturated carbocycles. The van der Waals surface area contributed by atoms with E-state index in [2.05, 4.69) is 25.7 Å². The van der Waals surface area contributed by atoms with Crippen molar-refractivity contribution in [2.24, 2.45) is 0 Å². The molecule has 2 aromatic carbocycles. The Labute approximate surface area is 169 Å². The van der Waals surface area contributed by atoms with E-state index in [-0.39, 0.29) is 11.6 Å². The van der Waals surface area contributed by atoms with Gasteiger partial charge in [0.05, 0.1) is 24.6 Å². The minimum absolute atomic E-state index is 0.270. The average Bonchev–Trinajstić information content (AvgIpc) is 2.80. The Morgan fingerprint density at radius 1 is 0.931 bits per heavy atom. The summed E-state index contributed by atoms with van der Waals surface area (Å²) in [6.45, 7) is 3.62. The van der Waals surface area contributed by atoms with Gasteiger partial charge in [-0.05, 0) is 29.8 Å². The van der Waals surface area contributed by atoms with Crippen LogP contribution in [0.15, 0.2) is 66.7 Å². The molecule has 0 unspecified atom stereocenters. The Morgan fingerprint density at radius 2 is 1.69 bits per heavy atom. The second-order valence-corrected chi connectivity index (χ2v) is 6.71. The van der Waals surface area contributed by atoms with Gasteiger partial charge in [0, 0.05) is 19.6 Å². The monoisotopic (exact) mass is 389 g/mol. The molecule has 2 heterocycles. The Morgan fingerprint density at radius 3 is 2.45 bits per heavy atom. The second-order valence-electron chi connectivity index (χ2n) is 6.71. The average molecular weight is 389 g/mol. The fraction of sp³-hybridized carbons (Fsp3) is 0.227. The molecule has 1 fully saturated rings. The number of nitrogens with zero attached hydrogens (tertiary/aromatic N) is 3. The second kappa shape index (κ2) is 9.16. The third kappa shape index (κ3) is 4.89. The Hall–Kier alpha value is -3.45. The summed E-state index contributed by atoms with van der Waals surface area (Å²) in [7, 11) is 0. The molecule has 2 N–H and O–H groups in total. The molecule has 4 rings (SSSR count). The molecular formula is C22H23N5O2. The normalized spacial score (nSPS) is 13.7. The van der Waals surface area contributed by atoms with Crippen LogP contribution in [0, 0.1) is 0 Å². The molecule has 1 aliphatic heterocycles. The van der Waals surface area contributed by atoms with E-state index in [0.717, 1.165) is 30.0 Å². The lowest BCUT2D eigenvalue weighted by atomic mass is 10.2. The lowest BCUT2D eigenvalue weighted by Gasteiger charge is -2.30. The highest BCUT2D eigenvalue weighted by molar-refractivity contribution is 6.04. The van der Waals surface area contributed by atoms with E-state index in [1.54, 1.807) is 12.1 Å². The van der Waals surface area contributed by atoms with E-state index in [4.69, 9.17) is 4.74 Å². The number of hydrogen-bond donors (Lipinski definition) is 2. The number of aromatic nitrogens is 2. The quantitative estimate of drug-likeness (QED) is 0.674. The number of hydrogen-bond acceptors (Lipinski definition) is 6. The molecule has 0 bridgehead atoms. The summed E-state index contributed by atoms with van der Waals surface area (Å²) in [5, 5.41) is 14.4. The van der Waals surface area contributed by atoms with Gasteiger partial charge in [0.15, 0.2) is 5.69 Å². The lowest BCUT2D eigenvalue weighted by Crippen LogP contribution is -2.36. The number of amides is 1. The van der Waals surface area contributed by atoms with Crippen molar-refractivity contribution in [3.05, 3.63) is 78.0 Å². The van der Waals surface area contributed by atoms with Crippen molar-refractivity contribution in [1.29, 1.82) is 0 Å². The first-order valence-corrected chi connectivity index (χ1v) is 9.64. The number of benzene rings is 2. The molecule has 148 valence electrons. The van der Waals surface area contributed by atoms with Gasteiger partial charge in [-0.1, -0.05) is 42.5 Å². The summed E-state index contributed by atoms with van der Waals surface area (Å²) in [5.41, 5.74) is 3.16. The molecule has 1 amide bonds. The number of carbonyl (C=O) groups excluding carboxylic acids is 1. The minimum atomic E-state index is -0.284. The van der Waals surface area contributed by atoms with Crippen LogP contribution in [-0.4, -0.2) is 42.4 Å². The van der Waals surface area contributed by atoms with Crippen LogP contribution in [-0.2, 0) is 11.3 Å². The van der Waals surface area contributed by atoms with Crippen LogP contribution < -0.4 is 15.5 Å². The SMILES string of the molecule is O=C(Nc1ccccc1N1CCOCC1)c1ccc(NCc2ccccc2)nn1. The summed E-state index contributed by atoms with van der Waals surface area (Å²) in [6, 6.07) is 21.2. The Balaban J connectivity index is 1.40. The van der Waals surface area contributed by atoms with E-state index in [1.807, 2.05) is 54.6 Å². The zero-order valence-corrected chi connectivity index (χ0v) is 16.0. The van der Waals surface area contributed by atoms with Gasteiger partial charge in [-0.25, -0.2) is 0 Å². The van der Waals surface area contributed by atoms with Gasteiger partial charge in [0.1, 0.15) is 5.82 Å². The van der Waals surface area contributed by atoms with Crippen LogP contribution in [0.3, 0.4) is 0 Å². The molecule has 1 aromatic heterocycles. The van der Waals surface area contributed by atoms with Crippen LogP contribution in [0.2, 0.25) is 0 Å². The summed E-state index contributed by atoms with van der Waals surface area (Å²) in [4.78, 5) is 14.9. The molecule has 1 saturated heterocycles. The van der Waals surface area contributed by atoms with Gasteiger partial charge in [0.2, 0.25) is 0 Å². The highest BCUT2D eigenvalue weighted by atomic mass is 16.5. The number of nitrogens with one attached hydrogen (secondary N) is 2. The van der Waals surface area contributed by atoms with E-state index in [9.17, 15) is 4.79 Å². The molecule has 7 heteroatoms. The maximum Gasteiger partial charge on any atom is 0.276 e. The minimum Gasteiger partial charge on any atom is -0.378 e. The van der Waals surface area contributed by atoms with E-state index < -0.39 is 0 Å². The van der Waals surface area contributed by atoms with Gasteiger partial charge < -0.3 is 20.3 Å². The topological polar surface area (TPSA) is 79.4 Å². The van der Waals surface area contributed by atoms with Crippen LogP contribution in [0.5, 0.6) is 0 Å². The fourth-order valence-corrected chi connectivity index (χ4v) is 3.18. The molecule has 0 spiro atoms. The Bertz CT molecular complexity index is 941. The van der Waals surface area contributed by atoms with Crippen LogP contribution in [0.4, 0.5) is 17.2 Å². The first-order valence-electron chi connectivity index (χ1n) is 9.64. The molecular weight excluding hydrogens is 366 g/mol. The van der Waals surface area contributed by atoms with Crippen molar-refractivity contribution in [3.63, 3.8) is 0 Å². The molecule has 1 aliphatic rings. The van der Waals surface area contributed by atoms with Gasteiger partial charge >= 0.3 is 0 Å².